The summed E-state index contributed by atoms with van der Waals surface area (Å²) >= 11 is 0. The number of rotatable bonds is 3. The number of H-pyrrole nitrogens is 1. The van der Waals surface area contributed by atoms with Gasteiger partial charge in [0.25, 0.3) is 0 Å². The van der Waals surface area contributed by atoms with Crippen molar-refractivity contribution in [1.29, 1.82) is 0 Å². The standard InChI is InChI=1S/C9H15N5O2/c1-6(8-11-5-12-14-8)13-9(15)7-4-16-3-2-10-7/h5-7,10H,2-4H2,1H3,(H,13,15)(H,11,12,14). The van der Waals surface area contributed by atoms with E-state index in [0.717, 1.165) is 0 Å². The van der Waals surface area contributed by atoms with Gasteiger partial charge < -0.3 is 15.4 Å². The normalized spacial score (nSPS) is 22.7. The minimum atomic E-state index is -0.279. The zero-order valence-corrected chi connectivity index (χ0v) is 9.06. The Morgan fingerprint density at radius 1 is 1.75 bits per heavy atom. The Hall–Kier alpha value is -1.47. The first-order chi connectivity index (χ1) is 7.77. The van der Waals surface area contributed by atoms with Gasteiger partial charge in [0.05, 0.1) is 19.3 Å². The van der Waals surface area contributed by atoms with Gasteiger partial charge in [-0.3, -0.25) is 9.89 Å². The molecule has 2 atom stereocenters. The number of aromatic amines is 1. The molecule has 1 aliphatic rings. The molecule has 0 bridgehead atoms. The van der Waals surface area contributed by atoms with Crippen LogP contribution in [0, 0.1) is 0 Å². The molecule has 0 saturated carbocycles. The number of aromatic nitrogens is 3. The van der Waals surface area contributed by atoms with Crippen LogP contribution in [-0.2, 0) is 9.53 Å². The number of carbonyl (C=O) groups is 1. The largest absolute Gasteiger partial charge is 0.378 e. The molecule has 2 unspecified atom stereocenters. The molecule has 2 rings (SSSR count). The fourth-order valence-electron chi connectivity index (χ4n) is 1.54. The smallest absolute Gasteiger partial charge is 0.240 e. The van der Waals surface area contributed by atoms with Crippen molar-refractivity contribution in [2.45, 2.75) is 19.0 Å². The summed E-state index contributed by atoms with van der Waals surface area (Å²) in [6.07, 6.45) is 1.42. The summed E-state index contributed by atoms with van der Waals surface area (Å²) in [5.41, 5.74) is 0. The third-order valence-corrected chi connectivity index (χ3v) is 2.44. The molecule has 1 amide bonds. The highest BCUT2D eigenvalue weighted by Gasteiger charge is 2.23. The lowest BCUT2D eigenvalue weighted by Crippen LogP contribution is -2.51. The molecule has 7 heteroatoms. The second-order valence-electron chi connectivity index (χ2n) is 3.68. The molecule has 3 N–H and O–H groups in total. The second-order valence-corrected chi connectivity index (χ2v) is 3.68. The van der Waals surface area contributed by atoms with E-state index in [1.807, 2.05) is 6.92 Å². The lowest BCUT2D eigenvalue weighted by atomic mass is 10.2. The summed E-state index contributed by atoms with van der Waals surface area (Å²) in [5, 5.41) is 12.4. The van der Waals surface area contributed by atoms with E-state index in [-0.39, 0.29) is 18.0 Å². The van der Waals surface area contributed by atoms with Gasteiger partial charge in [-0.1, -0.05) is 0 Å². The van der Waals surface area contributed by atoms with E-state index in [4.69, 9.17) is 4.74 Å². The van der Waals surface area contributed by atoms with E-state index in [0.29, 0.717) is 25.6 Å². The van der Waals surface area contributed by atoms with E-state index in [1.165, 1.54) is 6.33 Å². The Labute approximate surface area is 93.0 Å². The Bertz CT molecular complexity index is 334. The molecule has 7 nitrogen and oxygen atoms in total. The van der Waals surface area contributed by atoms with Crippen LogP contribution in [0.4, 0.5) is 0 Å². The SMILES string of the molecule is CC(NC(=O)C1COCCN1)c1ncn[nH]1. The number of nitrogens with zero attached hydrogens (tertiary/aromatic N) is 2. The molecule has 0 radical (unpaired) electrons. The molecular formula is C9H15N5O2. The van der Waals surface area contributed by atoms with Crippen molar-refractivity contribution < 1.29 is 9.53 Å². The first-order valence-electron chi connectivity index (χ1n) is 5.24. The van der Waals surface area contributed by atoms with Crippen LogP contribution in [0.2, 0.25) is 0 Å². The first kappa shape index (κ1) is 11.0. The van der Waals surface area contributed by atoms with Crippen LogP contribution >= 0.6 is 0 Å². The minimum absolute atomic E-state index is 0.0800. The average Bonchev–Trinajstić information content (AvgIpc) is 2.83. The average molecular weight is 225 g/mol. The maximum atomic E-state index is 11.8. The van der Waals surface area contributed by atoms with Crippen LogP contribution in [0.1, 0.15) is 18.8 Å². The third-order valence-electron chi connectivity index (χ3n) is 2.44. The third kappa shape index (κ3) is 2.56. The Morgan fingerprint density at radius 2 is 2.62 bits per heavy atom. The van der Waals surface area contributed by atoms with Crippen LogP contribution in [0.15, 0.2) is 6.33 Å². The van der Waals surface area contributed by atoms with E-state index in [9.17, 15) is 4.79 Å². The quantitative estimate of drug-likeness (QED) is 0.612. The van der Waals surface area contributed by atoms with Crippen LogP contribution < -0.4 is 10.6 Å². The summed E-state index contributed by atoms with van der Waals surface area (Å²) in [6.45, 7) is 3.62. The zero-order valence-electron chi connectivity index (χ0n) is 9.06. The molecule has 0 spiro atoms. The summed E-state index contributed by atoms with van der Waals surface area (Å²) in [7, 11) is 0. The van der Waals surface area contributed by atoms with Crippen molar-refractivity contribution in [2.24, 2.45) is 0 Å². The maximum absolute atomic E-state index is 11.8. The number of hydrogen-bond acceptors (Lipinski definition) is 5. The predicted octanol–water partition coefficient (Wildman–Crippen LogP) is -1.03. The predicted molar refractivity (Wildman–Crippen MR) is 55.6 cm³/mol. The number of carbonyl (C=O) groups excluding carboxylic acids is 1. The first-order valence-corrected chi connectivity index (χ1v) is 5.24. The van der Waals surface area contributed by atoms with Crippen LogP contribution in [-0.4, -0.2) is 46.9 Å². The number of nitrogens with one attached hydrogen (secondary N) is 3. The molecule has 88 valence electrons. The van der Waals surface area contributed by atoms with Gasteiger partial charge in [0, 0.05) is 6.54 Å². The molecular weight excluding hydrogens is 210 g/mol. The highest BCUT2D eigenvalue weighted by atomic mass is 16.5. The van der Waals surface area contributed by atoms with Crippen molar-refractivity contribution >= 4 is 5.91 Å². The van der Waals surface area contributed by atoms with Gasteiger partial charge in [0.1, 0.15) is 18.2 Å². The Balaban J connectivity index is 1.86. The number of ether oxygens (including phenoxy) is 1. The monoisotopic (exact) mass is 225 g/mol. The van der Waals surface area contributed by atoms with E-state index < -0.39 is 0 Å². The Kier molecular flexibility index (Phi) is 3.47. The molecule has 16 heavy (non-hydrogen) atoms. The van der Waals surface area contributed by atoms with E-state index in [2.05, 4.69) is 25.8 Å². The van der Waals surface area contributed by atoms with Crippen molar-refractivity contribution in [2.75, 3.05) is 19.8 Å². The summed E-state index contributed by atoms with van der Waals surface area (Å²) in [4.78, 5) is 15.8. The number of hydrogen-bond donors (Lipinski definition) is 3. The van der Waals surface area contributed by atoms with Gasteiger partial charge >= 0.3 is 0 Å². The highest BCUT2D eigenvalue weighted by Crippen LogP contribution is 2.05. The van der Waals surface area contributed by atoms with E-state index >= 15 is 0 Å². The molecule has 1 aliphatic heterocycles. The highest BCUT2D eigenvalue weighted by molar-refractivity contribution is 5.82. The molecule has 0 aromatic carbocycles. The Morgan fingerprint density at radius 3 is 3.25 bits per heavy atom. The van der Waals surface area contributed by atoms with Crippen molar-refractivity contribution in [3.8, 4) is 0 Å². The lowest BCUT2D eigenvalue weighted by Gasteiger charge is -2.24. The van der Waals surface area contributed by atoms with Crippen molar-refractivity contribution in [1.82, 2.24) is 25.8 Å². The van der Waals surface area contributed by atoms with Gasteiger partial charge in [-0.25, -0.2) is 4.98 Å². The molecule has 2 heterocycles. The molecule has 1 fully saturated rings. The summed E-state index contributed by atoms with van der Waals surface area (Å²) in [6, 6.07) is -0.460. The second kappa shape index (κ2) is 5.04. The topological polar surface area (TPSA) is 91.9 Å². The fourth-order valence-corrected chi connectivity index (χ4v) is 1.54. The molecule has 1 aromatic heterocycles. The molecule has 0 aliphatic carbocycles. The lowest BCUT2D eigenvalue weighted by molar-refractivity contribution is -0.126. The fraction of sp³-hybridized carbons (Fsp3) is 0.667. The maximum Gasteiger partial charge on any atom is 0.240 e. The molecule has 1 aromatic rings. The molecule has 1 saturated heterocycles. The van der Waals surface area contributed by atoms with Crippen LogP contribution in [0.5, 0.6) is 0 Å². The van der Waals surface area contributed by atoms with Crippen molar-refractivity contribution in [3.05, 3.63) is 12.2 Å². The van der Waals surface area contributed by atoms with Crippen LogP contribution in [0.25, 0.3) is 0 Å². The minimum Gasteiger partial charge on any atom is -0.378 e. The number of amides is 1. The summed E-state index contributed by atoms with van der Waals surface area (Å²) < 4.78 is 5.22. The van der Waals surface area contributed by atoms with Gasteiger partial charge in [0.2, 0.25) is 5.91 Å². The van der Waals surface area contributed by atoms with Crippen LogP contribution in [0.3, 0.4) is 0 Å². The van der Waals surface area contributed by atoms with Gasteiger partial charge in [-0.15, -0.1) is 0 Å². The van der Waals surface area contributed by atoms with E-state index in [1.54, 1.807) is 0 Å². The van der Waals surface area contributed by atoms with Crippen molar-refractivity contribution in [3.63, 3.8) is 0 Å². The van der Waals surface area contributed by atoms with Gasteiger partial charge in [-0.05, 0) is 6.92 Å². The van der Waals surface area contributed by atoms with Gasteiger partial charge in [0.15, 0.2) is 0 Å². The van der Waals surface area contributed by atoms with Gasteiger partial charge in [-0.2, -0.15) is 5.10 Å². The zero-order chi connectivity index (χ0) is 11.4. The summed E-state index contributed by atoms with van der Waals surface area (Å²) in [5.74, 6) is 0.564. The number of morpholine rings is 1.